The minimum Gasteiger partial charge on any atom is -0.493 e. The second kappa shape index (κ2) is 10.5. The molecule has 1 aromatic heterocycles. The van der Waals surface area contributed by atoms with Crippen molar-refractivity contribution < 1.29 is 18.8 Å². The third-order valence-corrected chi connectivity index (χ3v) is 4.04. The molecule has 148 valence electrons. The Hall–Kier alpha value is -2.57. The van der Waals surface area contributed by atoms with Crippen LogP contribution in [0.3, 0.4) is 0 Å². The predicted octanol–water partition coefficient (Wildman–Crippen LogP) is 3.63. The van der Waals surface area contributed by atoms with Crippen molar-refractivity contribution in [3.05, 3.63) is 35.5 Å². The van der Waals surface area contributed by atoms with E-state index in [9.17, 15) is 4.79 Å². The van der Waals surface area contributed by atoms with E-state index in [4.69, 9.17) is 14.0 Å². The van der Waals surface area contributed by atoms with Gasteiger partial charge in [-0.3, -0.25) is 4.79 Å². The molecule has 0 saturated carbocycles. The summed E-state index contributed by atoms with van der Waals surface area (Å²) < 4.78 is 16.3. The van der Waals surface area contributed by atoms with Gasteiger partial charge in [-0.05, 0) is 24.1 Å². The first-order chi connectivity index (χ1) is 13.0. The van der Waals surface area contributed by atoms with Gasteiger partial charge in [0, 0.05) is 25.3 Å². The summed E-state index contributed by atoms with van der Waals surface area (Å²) in [5.74, 6) is 2.69. The van der Waals surface area contributed by atoms with Gasteiger partial charge in [0.15, 0.2) is 17.3 Å². The number of nitrogens with zero attached hydrogens (tertiary/aromatic N) is 2. The number of aryl methyl sites for hydroxylation is 1. The number of rotatable bonds is 11. The maximum atomic E-state index is 12.1. The zero-order valence-corrected chi connectivity index (χ0v) is 16.6. The highest BCUT2D eigenvalue weighted by Gasteiger charge is 2.12. The SMILES string of the molecule is CCCCOc1ccc(CNC(=O)CCc2nc(C(C)C)no2)cc1OC. The number of amides is 1. The second-order valence-electron chi connectivity index (χ2n) is 6.66. The maximum absolute atomic E-state index is 12.1. The van der Waals surface area contributed by atoms with E-state index in [1.54, 1.807) is 7.11 Å². The first kappa shape index (κ1) is 20.7. The highest BCUT2D eigenvalue weighted by atomic mass is 16.5. The molecule has 0 atom stereocenters. The Morgan fingerprint density at radius 2 is 2.11 bits per heavy atom. The third-order valence-electron chi connectivity index (χ3n) is 4.04. The molecule has 1 N–H and O–H groups in total. The minimum absolute atomic E-state index is 0.0680. The van der Waals surface area contributed by atoms with Crippen LogP contribution in [0.15, 0.2) is 22.7 Å². The van der Waals surface area contributed by atoms with Gasteiger partial charge in [0.25, 0.3) is 0 Å². The summed E-state index contributed by atoms with van der Waals surface area (Å²) in [6.45, 7) is 7.20. The molecule has 0 aliphatic rings. The summed E-state index contributed by atoms with van der Waals surface area (Å²) in [5.41, 5.74) is 0.947. The molecule has 7 nitrogen and oxygen atoms in total. The highest BCUT2D eigenvalue weighted by molar-refractivity contribution is 5.76. The third kappa shape index (κ3) is 6.58. The molecule has 7 heteroatoms. The van der Waals surface area contributed by atoms with Crippen molar-refractivity contribution in [1.82, 2.24) is 15.5 Å². The quantitative estimate of drug-likeness (QED) is 0.604. The van der Waals surface area contributed by atoms with Gasteiger partial charge < -0.3 is 19.3 Å². The zero-order chi connectivity index (χ0) is 19.6. The molecule has 0 aliphatic carbocycles. The van der Waals surface area contributed by atoms with Crippen LogP contribution in [-0.4, -0.2) is 29.8 Å². The summed E-state index contributed by atoms with van der Waals surface area (Å²) in [4.78, 5) is 16.3. The Balaban J connectivity index is 1.81. The first-order valence-corrected chi connectivity index (χ1v) is 9.42. The molecule has 0 spiro atoms. The summed E-state index contributed by atoms with van der Waals surface area (Å²) in [5, 5.41) is 6.79. The van der Waals surface area contributed by atoms with Crippen molar-refractivity contribution in [2.75, 3.05) is 13.7 Å². The van der Waals surface area contributed by atoms with Crippen LogP contribution in [0.25, 0.3) is 0 Å². The van der Waals surface area contributed by atoms with Gasteiger partial charge in [-0.25, -0.2) is 0 Å². The molecule has 2 aromatic rings. The Morgan fingerprint density at radius 1 is 1.30 bits per heavy atom. The van der Waals surface area contributed by atoms with Crippen LogP contribution in [0.4, 0.5) is 0 Å². The number of methoxy groups -OCH3 is 1. The highest BCUT2D eigenvalue weighted by Crippen LogP contribution is 2.28. The first-order valence-electron chi connectivity index (χ1n) is 9.42. The van der Waals surface area contributed by atoms with Crippen molar-refractivity contribution in [2.45, 2.75) is 58.9 Å². The summed E-state index contributed by atoms with van der Waals surface area (Å²) in [6, 6.07) is 5.69. The fraction of sp³-hybridized carbons (Fsp3) is 0.550. The van der Waals surface area contributed by atoms with Gasteiger partial charge in [-0.15, -0.1) is 0 Å². The molecule has 0 fully saturated rings. The number of carbonyl (C=O) groups is 1. The number of carbonyl (C=O) groups excluding carboxylic acids is 1. The van der Waals surface area contributed by atoms with E-state index in [0.717, 1.165) is 24.2 Å². The Kier molecular flexibility index (Phi) is 8.10. The van der Waals surface area contributed by atoms with Crippen LogP contribution >= 0.6 is 0 Å². The zero-order valence-electron chi connectivity index (χ0n) is 16.6. The van der Waals surface area contributed by atoms with Crippen molar-refractivity contribution in [2.24, 2.45) is 0 Å². The van der Waals surface area contributed by atoms with Crippen molar-refractivity contribution in [1.29, 1.82) is 0 Å². The Bertz CT molecular complexity index is 728. The van der Waals surface area contributed by atoms with Crippen LogP contribution in [0.2, 0.25) is 0 Å². The lowest BCUT2D eigenvalue weighted by Crippen LogP contribution is -2.23. The van der Waals surface area contributed by atoms with Crippen molar-refractivity contribution >= 4 is 5.91 Å². The lowest BCUT2D eigenvalue weighted by molar-refractivity contribution is -0.121. The van der Waals surface area contributed by atoms with E-state index in [0.29, 0.717) is 43.5 Å². The van der Waals surface area contributed by atoms with Crippen LogP contribution in [0, 0.1) is 0 Å². The molecule has 1 heterocycles. The minimum atomic E-state index is -0.0680. The number of hydrogen-bond acceptors (Lipinski definition) is 6. The largest absolute Gasteiger partial charge is 0.493 e. The molecule has 0 saturated heterocycles. The standard InChI is InChI=1S/C20H29N3O4/c1-5-6-11-26-16-8-7-15(12-17(16)25-4)13-21-18(24)9-10-19-22-20(14(2)3)23-27-19/h7-8,12,14H,5-6,9-11,13H2,1-4H3,(H,21,24). The van der Waals surface area contributed by atoms with Gasteiger partial charge in [-0.2, -0.15) is 4.98 Å². The molecule has 1 amide bonds. The number of nitrogens with one attached hydrogen (secondary N) is 1. The van der Waals surface area contributed by atoms with Gasteiger partial charge in [-0.1, -0.05) is 38.4 Å². The normalized spacial score (nSPS) is 10.9. The summed E-state index contributed by atoms with van der Waals surface area (Å²) >= 11 is 0. The van der Waals surface area contributed by atoms with E-state index in [1.807, 2.05) is 32.0 Å². The Morgan fingerprint density at radius 3 is 2.78 bits per heavy atom. The Labute approximate surface area is 160 Å². The van der Waals surface area contributed by atoms with Crippen LogP contribution < -0.4 is 14.8 Å². The lowest BCUT2D eigenvalue weighted by Gasteiger charge is -2.12. The smallest absolute Gasteiger partial charge is 0.227 e. The van der Waals surface area contributed by atoms with E-state index in [-0.39, 0.29) is 11.8 Å². The summed E-state index contributed by atoms with van der Waals surface area (Å²) in [6.07, 6.45) is 2.81. The van der Waals surface area contributed by atoms with Crippen molar-refractivity contribution in [3.8, 4) is 11.5 Å². The number of aromatic nitrogens is 2. The molecule has 2 rings (SSSR count). The fourth-order valence-electron chi connectivity index (χ4n) is 2.38. The topological polar surface area (TPSA) is 86.5 Å². The van der Waals surface area contributed by atoms with Crippen LogP contribution in [-0.2, 0) is 17.8 Å². The monoisotopic (exact) mass is 375 g/mol. The van der Waals surface area contributed by atoms with Gasteiger partial charge in [0.1, 0.15) is 0 Å². The van der Waals surface area contributed by atoms with E-state index >= 15 is 0 Å². The average Bonchev–Trinajstić information content (AvgIpc) is 3.15. The van der Waals surface area contributed by atoms with Crippen LogP contribution in [0.1, 0.15) is 63.2 Å². The van der Waals surface area contributed by atoms with Gasteiger partial charge in [0.2, 0.25) is 11.8 Å². The van der Waals surface area contributed by atoms with E-state index in [1.165, 1.54) is 0 Å². The molecular formula is C20H29N3O4. The number of hydrogen-bond donors (Lipinski definition) is 1. The molecule has 0 bridgehead atoms. The molecular weight excluding hydrogens is 346 g/mol. The van der Waals surface area contributed by atoms with Gasteiger partial charge in [0.05, 0.1) is 13.7 Å². The molecule has 27 heavy (non-hydrogen) atoms. The fourth-order valence-corrected chi connectivity index (χ4v) is 2.38. The predicted molar refractivity (Wildman–Crippen MR) is 102 cm³/mol. The van der Waals surface area contributed by atoms with E-state index < -0.39 is 0 Å². The molecule has 0 aliphatic heterocycles. The average molecular weight is 375 g/mol. The molecule has 1 aromatic carbocycles. The summed E-state index contributed by atoms with van der Waals surface area (Å²) in [7, 11) is 1.61. The van der Waals surface area contributed by atoms with E-state index in [2.05, 4.69) is 22.4 Å². The number of ether oxygens (including phenoxy) is 2. The van der Waals surface area contributed by atoms with Crippen molar-refractivity contribution in [3.63, 3.8) is 0 Å². The van der Waals surface area contributed by atoms with Crippen LogP contribution in [0.5, 0.6) is 11.5 Å². The second-order valence-corrected chi connectivity index (χ2v) is 6.66. The molecule has 0 radical (unpaired) electrons. The lowest BCUT2D eigenvalue weighted by atomic mass is 10.2. The number of unbranched alkanes of at least 4 members (excludes halogenated alkanes) is 1. The van der Waals surface area contributed by atoms with Gasteiger partial charge >= 0.3 is 0 Å². The molecule has 0 unspecified atom stereocenters. The number of benzene rings is 1. The maximum Gasteiger partial charge on any atom is 0.227 e.